The third-order valence-electron chi connectivity index (χ3n) is 2.98. The molecule has 0 amide bonds. The highest BCUT2D eigenvalue weighted by atomic mass is 79.9. The molecule has 0 spiro atoms. The molecule has 7 heteroatoms. The average molecular weight is 385 g/mol. The first-order valence-electron chi connectivity index (χ1n) is 6.68. The van der Waals surface area contributed by atoms with E-state index in [9.17, 15) is 8.42 Å². The Hall–Kier alpha value is -1.57. The van der Waals surface area contributed by atoms with E-state index >= 15 is 0 Å². The number of primary sulfonamides is 1. The molecule has 2 rings (SSSR count). The van der Waals surface area contributed by atoms with Crippen LogP contribution in [0, 0.1) is 0 Å². The van der Waals surface area contributed by atoms with Gasteiger partial charge in [-0.05, 0) is 64.8 Å². The van der Waals surface area contributed by atoms with Gasteiger partial charge in [-0.15, -0.1) is 0 Å². The number of hydrogen-bond acceptors (Lipinski definition) is 4. The van der Waals surface area contributed by atoms with E-state index in [4.69, 9.17) is 9.88 Å². The smallest absolute Gasteiger partial charge is 0.238 e. The minimum absolute atomic E-state index is 0.0989. The van der Waals surface area contributed by atoms with Gasteiger partial charge in [-0.2, -0.15) is 0 Å². The van der Waals surface area contributed by atoms with Crippen LogP contribution in [0.25, 0.3) is 0 Å². The van der Waals surface area contributed by atoms with E-state index in [1.165, 1.54) is 12.1 Å². The first-order chi connectivity index (χ1) is 10.4. The molecule has 5 nitrogen and oxygen atoms in total. The summed E-state index contributed by atoms with van der Waals surface area (Å²) in [7, 11) is -3.65. The molecule has 2 aromatic carbocycles. The lowest BCUT2D eigenvalue weighted by molar-refractivity contribution is 0.338. The zero-order valence-corrected chi connectivity index (χ0v) is 14.4. The highest BCUT2D eigenvalue weighted by Crippen LogP contribution is 2.26. The summed E-state index contributed by atoms with van der Waals surface area (Å²) in [5, 5.41) is 8.28. The van der Waals surface area contributed by atoms with E-state index in [0.717, 1.165) is 21.5 Å². The van der Waals surface area contributed by atoms with Crippen molar-refractivity contribution >= 4 is 31.6 Å². The van der Waals surface area contributed by atoms with Gasteiger partial charge in [0, 0.05) is 12.2 Å². The van der Waals surface area contributed by atoms with Crippen molar-refractivity contribution in [2.24, 2.45) is 5.14 Å². The van der Waals surface area contributed by atoms with Gasteiger partial charge in [-0.1, -0.05) is 6.07 Å². The summed E-state index contributed by atoms with van der Waals surface area (Å²) in [6, 6.07) is 12.2. The molecule has 0 atom stereocenters. The molecule has 0 bridgehead atoms. The quantitative estimate of drug-likeness (QED) is 0.801. The summed E-state index contributed by atoms with van der Waals surface area (Å²) in [6.07, 6.45) is 0. The number of halogens is 1. The van der Waals surface area contributed by atoms with Crippen molar-refractivity contribution in [3.05, 3.63) is 52.5 Å². The molecule has 0 saturated heterocycles. The summed E-state index contributed by atoms with van der Waals surface area (Å²) in [5.41, 5.74) is 1.89. The van der Waals surface area contributed by atoms with Gasteiger partial charge in [0.2, 0.25) is 10.0 Å². The second-order valence-electron chi connectivity index (χ2n) is 4.62. The van der Waals surface area contributed by atoms with Crippen LogP contribution in [0.3, 0.4) is 0 Å². The van der Waals surface area contributed by atoms with Crippen molar-refractivity contribution in [1.82, 2.24) is 0 Å². The second kappa shape index (κ2) is 7.13. The van der Waals surface area contributed by atoms with Gasteiger partial charge in [0.1, 0.15) is 5.75 Å². The molecule has 118 valence electrons. The Kier molecular flexibility index (Phi) is 5.44. The SMILES string of the molecule is CCOc1ccc(CNc2ccc(S(N)(=O)=O)cc2)cc1Br. The van der Waals surface area contributed by atoms with Gasteiger partial charge in [-0.3, -0.25) is 0 Å². The average Bonchev–Trinajstić information content (AvgIpc) is 2.47. The van der Waals surface area contributed by atoms with E-state index in [2.05, 4.69) is 21.2 Å². The lowest BCUT2D eigenvalue weighted by atomic mass is 10.2. The summed E-state index contributed by atoms with van der Waals surface area (Å²) in [4.78, 5) is 0.0989. The van der Waals surface area contributed by atoms with Gasteiger partial charge in [0.05, 0.1) is 16.0 Å². The van der Waals surface area contributed by atoms with Crippen molar-refractivity contribution in [1.29, 1.82) is 0 Å². The topological polar surface area (TPSA) is 81.4 Å². The maximum absolute atomic E-state index is 11.2. The van der Waals surface area contributed by atoms with Crippen LogP contribution in [0.4, 0.5) is 5.69 Å². The number of benzene rings is 2. The fraction of sp³-hybridized carbons (Fsp3) is 0.200. The third-order valence-corrected chi connectivity index (χ3v) is 4.52. The molecule has 0 aliphatic carbocycles. The standard InChI is InChI=1S/C15H17BrN2O3S/c1-2-21-15-8-3-11(9-14(15)16)10-18-12-4-6-13(7-5-12)22(17,19)20/h3-9,18H,2,10H2,1H3,(H2,17,19,20). The van der Waals surface area contributed by atoms with Crippen LogP contribution in [0.1, 0.15) is 12.5 Å². The number of nitrogens with two attached hydrogens (primary N) is 1. The molecule has 3 N–H and O–H groups in total. The summed E-state index contributed by atoms with van der Waals surface area (Å²) in [6.45, 7) is 3.17. The Bertz CT molecular complexity index is 746. The van der Waals surface area contributed by atoms with Gasteiger partial charge in [0.15, 0.2) is 0 Å². The number of hydrogen-bond donors (Lipinski definition) is 2. The normalized spacial score (nSPS) is 11.2. The van der Waals surface area contributed by atoms with Gasteiger partial charge < -0.3 is 10.1 Å². The molecule has 0 fully saturated rings. The first kappa shape index (κ1) is 16.8. The Balaban J connectivity index is 2.02. The highest BCUT2D eigenvalue weighted by molar-refractivity contribution is 9.10. The number of nitrogens with one attached hydrogen (secondary N) is 1. The van der Waals surface area contributed by atoms with Gasteiger partial charge >= 0.3 is 0 Å². The van der Waals surface area contributed by atoms with Crippen molar-refractivity contribution in [2.45, 2.75) is 18.4 Å². The fourth-order valence-corrected chi connectivity index (χ4v) is 2.95. The maximum Gasteiger partial charge on any atom is 0.238 e. The molecule has 22 heavy (non-hydrogen) atoms. The van der Waals surface area contributed by atoms with Crippen molar-refractivity contribution < 1.29 is 13.2 Å². The summed E-state index contributed by atoms with van der Waals surface area (Å²) < 4.78 is 28.7. The number of rotatable bonds is 6. The largest absolute Gasteiger partial charge is 0.493 e. The lowest BCUT2D eigenvalue weighted by Gasteiger charge is -2.10. The molecule has 0 saturated carbocycles. The van der Waals surface area contributed by atoms with Gasteiger partial charge in [-0.25, -0.2) is 13.6 Å². The molecule has 0 aliphatic heterocycles. The zero-order valence-electron chi connectivity index (χ0n) is 12.0. The highest BCUT2D eigenvalue weighted by Gasteiger charge is 2.07. The van der Waals surface area contributed by atoms with Crippen molar-refractivity contribution in [2.75, 3.05) is 11.9 Å². The number of ether oxygens (including phenoxy) is 1. The van der Waals surface area contributed by atoms with E-state index in [-0.39, 0.29) is 4.90 Å². The number of anilines is 1. The van der Waals surface area contributed by atoms with Crippen LogP contribution in [-0.2, 0) is 16.6 Å². The van der Waals surface area contributed by atoms with Crippen molar-refractivity contribution in [3.8, 4) is 5.75 Å². The van der Waals surface area contributed by atoms with Crippen LogP contribution in [0.5, 0.6) is 5.75 Å². The lowest BCUT2D eigenvalue weighted by Crippen LogP contribution is -2.12. The van der Waals surface area contributed by atoms with Crippen LogP contribution in [-0.4, -0.2) is 15.0 Å². The maximum atomic E-state index is 11.2. The van der Waals surface area contributed by atoms with Crippen LogP contribution >= 0.6 is 15.9 Å². The summed E-state index contributed by atoms with van der Waals surface area (Å²) in [5.74, 6) is 0.809. The van der Waals surface area contributed by atoms with Crippen molar-refractivity contribution in [3.63, 3.8) is 0 Å². The molecule has 0 radical (unpaired) electrons. The predicted octanol–water partition coefficient (Wildman–Crippen LogP) is 3.11. The van der Waals surface area contributed by atoms with Crippen LogP contribution in [0.15, 0.2) is 51.8 Å². The van der Waals surface area contributed by atoms with E-state index < -0.39 is 10.0 Å². The Morgan fingerprint density at radius 1 is 1.18 bits per heavy atom. The Labute approximate surface area is 138 Å². The minimum atomic E-state index is -3.65. The third kappa shape index (κ3) is 4.46. The number of sulfonamides is 1. The molecule has 0 heterocycles. The molecular formula is C15H17BrN2O3S. The predicted molar refractivity (Wildman–Crippen MR) is 90.5 cm³/mol. The van der Waals surface area contributed by atoms with E-state index in [0.29, 0.717) is 13.2 Å². The van der Waals surface area contributed by atoms with E-state index in [1.54, 1.807) is 12.1 Å². The first-order valence-corrected chi connectivity index (χ1v) is 9.02. The summed E-state index contributed by atoms with van der Waals surface area (Å²) >= 11 is 3.47. The Morgan fingerprint density at radius 2 is 1.86 bits per heavy atom. The molecular weight excluding hydrogens is 368 g/mol. The Morgan fingerprint density at radius 3 is 2.41 bits per heavy atom. The van der Waals surface area contributed by atoms with Crippen LogP contribution < -0.4 is 15.2 Å². The van der Waals surface area contributed by atoms with Gasteiger partial charge in [0.25, 0.3) is 0 Å². The molecule has 0 aliphatic rings. The second-order valence-corrected chi connectivity index (χ2v) is 7.04. The van der Waals surface area contributed by atoms with E-state index in [1.807, 2.05) is 25.1 Å². The fourth-order valence-electron chi connectivity index (χ4n) is 1.89. The monoisotopic (exact) mass is 384 g/mol. The van der Waals surface area contributed by atoms with Crippen LogP contribution in [0.2, 0.25) is 0 Å². The zero-order chi connectivity index (χ0) is 16.2. The minimum Gasteiger partial charge on any atom is -0.493 e. The molecule has 2 aromatic rings. The molecule has 0 aromatic heterocycles. The molecule has 0 unspecified atom stereocenters.